The first-order valence-electron chi connectivity index (χ1n) is 6.52. The lowest BCUT2D eigenvalue weighted by Gasteiger charge is -2.05. The molecule has 0 radical (unpaired) electrons. The van der Waals surface area contributed by atoms with Crippen LogP contribution in [-0.2, 0) is 16.3 Å². The van der Waals surface area contributed by atoms with E-state index in [0.29, 0.717) is 11.3 Å². The molecule has 2 aromatic rings. The van der Waals surface area contributed by atoms with Crippen molar-refractivity contribution in [3.63, 3.8) is 0 Å². The second-order valence-electron chi connectivity index (χ2n) is 4.58. The number of ether oxygens (including phenoxy) is 1. The topological polar surface area (TPSA) is 43.4 Å². The SMILES string of the molecule is COc1ccc(CCCS(=O)(=O)c2ccccc2)cc1. The number of hydrogen-bond donors (Lipinski definition) is 0. The maximum absolute atomic E-state index is 12.1. The summed E-state index contributed by atoms with van der Waals surface area (Å²) in [6.07, 6.45) is 1.36. The standard InChI is InChI=1S/C16H18O3S/c1-19-15-11-9-14(10-12-15)6-5-13-20(17,18)16-7-3-2-4-8-16/h2-4,7-12H,5-6,13H2,1H3. The van der Waals surface area contributed by atoms with E-state index in [-0.39, 0.29) is 5.75 Å². The van der Waals surface area contributed by atoms with Gasteiger partial charge in [-0.1, -0.05) is 30.3 Å². The van der Waals surface area contributed by atoms with Gasteiger partial charge in [0, 0.05) is 0 Å². The Bertz CT molecular complexity index is 631. The summed E-state index contributed by atoms with van der Waals surface area (Å²) in [5.41, 5.74) is 1.12. The van der Waals surface area contributed by atoms with Crippen LogP contribution in [0.1, 0.15) is 12.0 Å². The zero-order valence-corrected chi connectivity index (χ0v) is 12.3. The van der Waals surface area contributed by atoms with Crippen LogP contribution >= 0.6 is 0 Å². The first kappa shape index (κ1) is 14.6. The van der Waals surface area contributed by atoms with E-state index in [2.05, 4.69) is 0 Å². The minimum absolute atomic E-state index is 0.170. The van der Waals surface area contributed by atoms with Gasteiger partial charge in [-0.05, 0) is 42.7 Å². The fourth-order valence-corrected chi connectivity index (χ4v) is 3.34. The molecule has 0 aliphatic carbocycles. The highest BCUT2D eigenvalue weighted by atomic mass is 32.2. The van der Waals surface area contributed by atoms with Crippen molar-refractivity contribution in [2.24, 2.45) is 0 Å². The molecule has 0 atom stereocenters. The van der Waals surface area contributed by atoms with Crippen molar-refractivity contribution in [1.82, 2.24) is 0 Å². The van der Waals surface area contributed by atoms with Crippen molar-refractivity contribution in [2.45, 2.75) is 17.7 Å². The fourth-order valence-electron chi connectivity index (χ4n) is 2.00. The Morgan fingerprint density at radius 3 is 2.20 bits per heavy atom. The highest BCUT2D eigenvalue weighted by molar-refractivity contribution is 7.91. The third kappa shape index (κ3) is 3.84. The molecule has 0 aromatic heterocycles. The summed E-state index contributed by atoms with van der Waals surface area (Å²) >= 11 is 0. The maximum atomic E-state index is 12.1. The normalized spacial score (nSPS) is 11.2. The lowest BCUT2D eigenvalue weighted by atomic mass is 10.1. The maximum Gasteiger partial charge on any atom is 0.178 e. The van der Waals surface area contributed by atoms with Gasteiger partial charge < -0.3 is 4.74 Å². The van der Waals surface area contributed by atoms with Gasteiger partial charge in [0.2, 0.25) is 0 Å². The quantitative estimate of drug-likeness (QED) is 0.821. The number of aryl methyl sites for hydroxylation is 1. The summed E-state index contributed by atoms with van der Waals surface area (Å²) < 4.78 is 29.3. The molecule has 0 unspecified atom stereocenters. The van der Waals surface area contributed by atoms with Crippen LogP contribution in [0.4, 0.5) is 0 Å². The molecule has 0 heterocycles. The largest absolute Gasteiger partial charge is 0.497 e. The lowest BCUT2D eigenvalue weighted by molar-refractivity contribution is 0.414. The summed E-state index contributed by atoms with van der Waals surface area (Å²) in [4.78, 5) is 0.398. The second-order valence-corrected chi connectivity index (χ2v) is 6.69. The molecule has 3 nitrogen and oxygen atoms in total. The molecule has 2 aromatic carbocycles. The highest BCUT2D eigenvalue weighted by Gasteiger charge is 2.13. The molecular formula is C16H18O3S. The van der Waals surface area contributed by atoms with Crippen molar-refractivity contribution in [1.29, 1.82) is 0 Å². The van der Waals surface area contributed by atoms with Crippen molar-refractivity contribution >= 4 is 9.84 Å². The van der Waals surface area contributed by atoms with Crippen LogP contribution in [0.5, 0.6) is 5.75 Å². The summed E-state index contributed by atoms with van der Waals surface area (Å²) in [6, 6.07) is 16.3. The molecule has 2 rings (SSSR count). The average Bonchev–Trinajstić information content (AvgIpc) is 2.49. The number of sulfone groups is 1. The van der Waals surface area contributed by atoms with Gasteiger partial charge in [0.05, 0.1) is 17.8 Å². The average molecular weight is 290 g/mol. The Hall–Kier alpha value is -1.81. The molecule has 0 amide bonds. The Morgan fingerprint density at radius 1 is 0.950 bits per heavy atom. The molecule has 0 fully saturated rings. The third-order valence-electron chi connectivity index (χ3n) is 3.14. The van der Waals surface area contributed by atoms with E-state index in [4.69, 9.17) is 4.74 Å². The van der Waals surface area contributed by atoms with Crippen LogP contribution in [0, 0.1) is 0 Å². The van der Waals surface area contributed by atoms with Crippen LogP contribution in [0.25, 0.3) is 0 Å². The van der Waals surface area contributed by atoms with E-state index in [9.17, 15) is 8.42 Å². The highest BCUT2D eigenvalue weighted by Crippen LogP contribution is 2.15. The van der Waals surface area contributed by atoms with Gasteiger partial charge in [-0.25, -0.2) is 8.42 Å². The summed E-state index contributed by atoms with van der Waals surface area (Å²) in [5.74, 6) is 0.980. The third-order valence-corrected chi connectivity index (χ3v) is 4.96. The second kappa shape index (κ2) is 6.57. The monoisotopic (exact) mass is 290 g/mol. The van der Waals surface area contributed by atoms with Gasteiger partial charge in [-0.3, -0.25) is 0 Å². The Labute approximate surface area is 120 Å². The first-order chi connectivity index (χ1) is 9.62. The zero-order valence-electron chi connectivity index (χ0n) is 11.5. The van der Waals surface area contributed by atoms with E-state index < -0.39 is 9.84 Å². The molecule has 106 valence electrons. The molecule has 0 saturated carbocycles. The predicted molar refractivity (Wildman–Crippen MR) is 79.8 cm³/mol. The molecule has 4 heteroatoms. The van der Waals surface area contributed by atoms with Crippen molar-refractivity contribution in [2.75, 3.05) is 12.9 Å². The van der Waals surface area contributed by atoms with E-state index in [1.807, 2.05) is 30.3 Å². The van der Waals surface area contributed by atoms with Crippen molar-refractivity contribution in [3.8, 4) is 5.75 Å². The molecule has 0 bridgehead atoms. The summed E-state index contributed by atoms with van der Waals surface area (Å²) in [6.45, 7) is 0. The smallest absolute Gasteiger partial charge is 0.178 e. The predicted octanol–water partition coefficient (Wildman–Crippen LogP) is 3.10. The molecule has 0 saturated heterocycles. The van der Waals surface area contributed by atoms with Gasteiger partial charge in [0.25, 0.3) is 0 Å². The number of methoxy groups -OCH3 is 1. The van der Waals surface area contributed by atoms with Crippen LogP contribution in [0.2, 0.25) is 0 Å². The van der Waals surface area contributed by atoms with Crippen LogP contribution in [0.3, 0.4) is 0 Å². The van der Waals surface area contributed by atoms with Crippen LogP contribution in [-0.4, -0.2) is 21.3 Å². The van der Waals surface area contributed by atoms with Crippen molar-refractivity contribution in [3.05, 3.63) is 60.2 Å². The van der Waals surface area contributed by atoms with Gasteiger partial charge in [-0.15, -0.1) is 0 Å². The fraction of sp³-hybridized carbons (Fsp3) is 0.250. The molecule has 20 heavy (non-hydrogen) atoms. The minimum Gasteiger partial charge on any atom is -0.497 e. The van der Waals surface area contributed by atoms with Gasteiger partial charge >= 0.3 is 0 Å². The number of benzene rings is 2. The van der Waals surface area contributed by atoms with Crippen molar-refractivity contribution < 1.29 is 13.2 Å². The molecule has 0 N–H and O–H groups in total. The minimum atomic E-state index is -3.17. The van der Waals surface area contributed by atoms with E-state index in [1.54, 1.807) is 31.4 Å². The summed E-state index contributed by atoms with van der Waals surface area (Å²) in [5, 5.41) is 0. The Balaban J connectivity index is 1.92. The van der Waals surface area contributed by atoms with Crippen LogP contribution < -0.4 is 4.74 Å². The lowest BCUT2D eigenvalue weighted by Crippen LogP contribution is -2.07. The zero-order chi connectivity index (χ0) is 14.4. The van der Waals surface area contributed by atoms with E-state index >= 15 is 0 Å². The number of rotatable bonds is 6. The van der Waals surface area contributed by atoms with Gasteiger partial charge in [0.1, 0.15) is 5.75 Å². The van der Waals surface area contributed by atoms with Crippen LogP contribution in [0.15, 0.2) is 59.5 Å². The molecular weight excluding hydrogens is 272 g/mol. The van der Waals surface area contributed by atoms with E-state index in [0.717, 1.165) is 17.7 Å². The molecule has 0 aliphatic heterocycles. The van der Waals surface area contributed by atoms with E-state index in [1.165, 1.54) is 0 Å². The van der Waals surface area contributed by atoms with Gasteiger partial charge in [0.15, 0.2) is 9.84 Å². The Kier molecular flexibility index (Phi) is 4.79. The summed E-state index contributed by atoms with van der Waals surface area (Å²) in [7, 11) is -1.54. The molecule has 0 aliphatic rings. The first-order valence-corrected chi connectivity index (χ1v) is 8.18. The Morgan fingerprint density at radius 2 is 1.60 bits per heavy atom. The number of hydrogen-bond acceptors (Lipinski definition) is 3. The van der Waals surface area contributed by atoms with Gasteiger partial charge in [-0.2, -0.15) is 0 Å². The molecule has 0 spiro atoms.